The molecule has 2 aromatic carbocycles. The maximum atomic E-state index is 12.9. The van der Waals surface area contributed by atoms with Gasteiger partial charge in [-0.2, -0.15) is 5.10 Å². The van der Waals surface area contributed by atoms with E-state index in [-0.39, 0.29) is 12.0 Å². The lowest BCUT2D eigenvalue weighted by Crippen LogP contribution is -2.42. The van der Waals surface area contributed by atoms with Gasteiger partial charge in [0.15, 0.2) is 0 Å². The molecule has 5 nitrogen and oxygen atoms in total. The molecule has 3 aromatic rings. The van der Waals surface area contributed by atoms with E-state index in [1.165, 1.54) is 0 Å². The quantitative estimate of drug-likeness (QED) is 0.595. The standard InChI is InChI=1S/C20H17BrClN3O2/c21-16-3-1-14(2-4-16)19-13-24(9-10-27-19)20(26)15-11-23-25(12-15)18-7-5-17(22)6-8-18/h1-8,11-12,19H,9-10,13H2. The summed E-state index contributed by atoms with van der Waals surface area (Å²) >= 11 is 9.36. The van der Waals surface area contributed by atoms with Crippen molar-refractivity contribution >= 4 is 33.4 Å². The molecular weight excluding hydrogens is 430 g/mol. The SMILES string of the molecule is O=C(c1cnn(-c2ccc(Cl)cc2)c1)N1CCOC(c2ccc(Br)cc2)C1. The fraction of sp³-hybridized carbons (Fsp3) is 0.200. The topological polar surface area (TPSA) is 47.4 Å². The summed E-state index contributed by atoms with van der Waals surface area (Å²) in [6.45, 7) is 1.60. The number of carbonyl (C=O) groups excluding carboxylic acids is 1. The van der Waals surface area contributed by atoms with Crippen LogP contribution in [-0.2, 0) is 4.74 Å². The van der Waals surface area contributed by atoms with Gasteiger partial charge in [-0.15, -0.1) is 0 Å². The molecule has 0 spiro atoms. The summed E-state index contributed by atoms with van der Waals surface area (Å²) in [7, 11) is 0. The monoisotopic (exact) mass is 445 g/mol. The van der Waals surface area contributed by atoms with Crippen LogP contribution in [0.3, 0.4) is 0 Å². The molecule has 0 saturated carbocycles. The minimum Gasteiger partial charge on any atom is -0.370 e. The predicted molar refractivity (Wildman–Crippen MR) is 107 cm³/mol. The second kappa shape index (κ2) is 7.84. The number of nitrogens with zero attached hydrogens (tertiary/aromatic N) is 3. The van der Waals surface area contributed by atoms with Crippen molar-refractivity contribution in [2.75, 3.05) is 19.7 Å². The summed E-state index contributed by atoms with van der Waals surface area (Å²) in [6.07, 6.45) is 3.22. The van der Waals surface area contributed by atoms with Gasteiger partial charge < -0.3 is 9.64 Å². The lowest BCUT2D eigenvalue weighted by molar-refractivity contribution is -0.0228. The van der Waals surface area contributed by atoms with Crippen molar-refractivity contribution in [3.63, 3.8) is 0 Å². The van der Waals surface area contributed by atoms with E-state index in [1.54, 1.807) is 29.2 Å². The van der Waals surface area contributed by atoms with Crippen LogP contribution in [0.1, 0.15) is 22.0 Å². The minimum atomic E-state index is -0.123. The summed E-state index contributed by atoms with van der Waals surface area (Å²) in [5.74, 6) is -0.0411. The second-order valence-corrected chi connectivity index (χ2v) is 7.66. The molecule has 1 atom stereocenters. The van der Waals surface area contributed by atoms with Crippen LogP contribution in [-0.4, -0.2) is 40.3 Å². The first-order valence-electron chi connectivity index (χ1n) is 8.57. The number of aromatic nitrogens is 2. The second-order valence-electron chi connectivity index (χ2n) is 6.31. The Morgan fingerprint density at radius 1 is 1.15 bits per heavy atom. The van der Waals surface area contributed by atoms with Crippen molar-refractivity contribution in [1.82, 2.24) is 14.7 Å². The van der Waals surface area contributed by atoms with E-state index in [0.29, 0.717) is 30.3 Å². The van der Waals surface area contributed by atoms with Crippen molar-refractivity contribution in [2.45, 2.75) is 6.10 Å². The molecule has 1 saturated heterocycles. The molecule has 1 aliphatic heterocycles. The zero-order valence-corrected chi connectivity index (χ0v) is 16.7. The smallest absolute Gasteiger partial charge is 0.257 e. The first-order chi connectivity index (χ1) is 13.1. The maximum absolute atomic E-state index is 12.9. The zero-order valence-electron chi connectivity index (χ0n) is 14.4. The number of carbonyl (C=O) groups is 1. The Hall–Kier alpha value is -2.15. The summed E-state index contributed by atoms with van der Waals surface area (Å²) in [6, 6.07) is 15.3. The van der Waals surface area contributed by atoms with Gasteiger partial charge in [-0.1, -0.05) is 39.7 Å². The third-order valence-electron chi connectivity index (χ3n) is 4.52. The molecule has 0 radical (unpaired) electrons. The Bertz CT molecular complexity index is 941. The van der Waals surface area contributed by atoms with Crippen LogP contribution in [0.5, 0.6) is 0 Å². The van der Waals surface area contributed by atoms with E-state index in [0.717, 1.165) is 15.7 Å². The van der Waals surface area contributed by atoms with Gasteiger partial charge >= 0.3 is 0 Å². The number of hydrogen-bond donors (Lipinski definition) is 0. The highest BCUT2D eigenvalue weighted by molar-refractivity contribution is 9.10. The summed E-state index contributed by atoms with van der Waals surface area (Å²) in [5, 5.41) is 4.97. The Labute approximate surface area is 170 Å². The first-order valence-corrected chi connectivity index (χ1v) is 9.74. The summed E-state index contributed by atoms with van der Waals surface area (Å²) < 4.78 is 8.56. The fourth-order valence-electron chi connectivity index (χ4n) is 3.06. The third kappa shape index (κ3) is 4.08. The Balaban J connectivity index is 1.49. The molecule has 1 aromatic heterocycles. The molecule has 1 fully saturated rings. The van der Waals surface area contributed by atoms with Crippen molar-refractivity contribution < 1.29 is 9.53 Å². The number of halogens is 2. The molecule has 0 bridgehead atoms. The van der Waals surface area contributed by atoms with Crippen molar-refractivity contribution in [2.24, 2.45) is 0 Å². The average molecular weight is 447 g/mol. The van der Waals surface area contributed by atoms with Crippen LogP contribution in [0, 0.1) is 0 Å². The molecule has 27 heavy (non-hydrogen) atoms. The third-order valence-corrected chi connectivity index (χ3v) is 5.30. The van der Waals surface area contributed by atoms with Crippen molar-refractivity contribution in [3.05, 3.63) is 81.5 Å². The van der Waals surface area contributed by atoms with E-state index in [2.05, 4.69) is 21.0 Å². The highest BCUT2D eigenvalue weighted by Crippen LogP contribution is 2.25. The van der Waals surface area contributed by atoms with Gasteiger partial charge in [-0.05, 0) is 42.0 Å². The van der Waals surface area contributed by atoms with Crippen LogP contribution in [0.25, 0.3) is 5.69 Å². The molecule has 4 rings (SSSR count). The summed E-state index contributed by atoms with van der Waals surface area (Å²) in [4.78, 5) is 14.7. The normalized spacial score (nSPS) is 17.1. The van der Waals surface area contributed by atoms with Gasteiger partial charge in [-0.25, -0.2) is 4.68 Å². The molecule has 1 aliphatic rings. The zero-order chi connectivity index (χ0) is 18.8. The number of amides is 1. The van der Waals surface area contributed by atoms with Gasteiger partial charge in [0, 0.05) is 22.2 Å². The molecule has 1 unspecified atom stereocenters. The van der Waals surface area contributed by atoms with E-state index in [1.807, 2.05) is 41.3 Å². The van der Waals surface area contributed by atoms with E-state index >= 15 is 0 Å². The average Bonchev–Trinajstić information content (AvgIpc) is 3.19. The first kappa shape index (κ1) is 18.2. The molecular formula is C20H17BrClN3O2. The Kier molecular flexibility index (Phi) is 5.29. The van der Waals surface area contributed by atoms with Crippen LogP contribution < -0.4 is 0 Å². The van der Waals surface area contributed by atoms with Gasteiger partial charge in [0.05, 0.1) is 30.6 Å². The van der Waals surface area contributed by atoms with Crippen molar-refractivity contribution in [1.29, 1.82) is 0 Å². The highest BCUT2D eigenvalue weighted by Gasteiger charge is 2.26. The number of benzene rings is 2. The lowest BCUT2D eigenvalue weighted by atomic mass is 10.1. The summed E-state index contributed by atoms with van der Waals surface area (Å²) in [5.41, 5.74) is 2.47. The van der Waals surface area contributed by atoms with Gasteiger partial charge in [0.1, 0.15) is 6.10 Å². The number of ether oxygens (including phenoxy) is 1. The molecule has 0 N–H and O–H groups in total. The Morgan fingerprint density at radius 3 is 2.63 bits per heavy atom. The van der Waals surface area contributed by atoms with Crippen LogP contribution >= 0.6 is 27.5 Å². The van der Waals surface area contributed by atoms with E-state index in [4.69, 9.17) is 16.3 Å². The van der Waals surface area contributed by atoms with Crippen LogP contribution in [0.15, 0.2) is 65.4 Å². The molecule has 138 valence electrons. The number of rotatable bonds is 3. The molecule has 0 aliphatic carbocycles. The lowest BCUT2D eigenvalue weighted by Gasteiger charge is -2.33. The largest absolute Gasteiger partial charge is 0.370 e. The van der Waals surface area contributed by atoms with Gasteiger partial charge in [0.25, 0.3) is 5.91 Å². The number of hydrogen-bond acceptors (Lipinski definition) is 3. The van der Waals surface area contributed by atoms with Crippen molar-refractivity contribution in [3.8, 4) is 5.69 Å². The predicted octanol–water partition coefficient (Wildman–Crippen LogP) is 4.50. The van der Waals surface area contributed by atoms with Gasteiger partial charge in [-0.3, -0.25) is 4.79 Å². The van der Waals surface area contributed by atoms with Gasteiger partial charge in [0.2, 0.25) is 0 Å². The Morgan fingerprint density at radius 2 is 1.89 bits per heavy atom. The number of morpholine rings is 1. The molecule has 1 amide bonds. The van der Waals surface area contributed by atoms with Crippen LogP contribution in [0.4, 0.5) is 0 Å². The van der Waals surface area contributed by atoms with E-state index in [9.17, 15) is 4.79 Å². The molecule has 7 heteroatoms. The van der Waals surface area contributed by atoms with E-state index < -0.39 is 0 Å². The van der Waals surface area contributed by atoms with Crippen LogP contribution in [0.2, 0.25) is 5.02 Å². The highest BCUT2D eigenvalue weighted by atomic mass is 79.9. The molecule has 2 heterocycles. The fourth-order valence-corrected chi connectivity index (χ4v) is 3.45. The maximum Gasteiger partial charge on any atom is 0.257 e. The minimum absolute atomic E-state index is 0.0411.